The molecule has 25 heavy (non-hydrogen) atoms. The molecule has 0 aliphatic heterocycles. The van der Waals surface area contributed by atoms with E-state index in [0.29, 0.717) is 12.3 Å². The first-order valence-corrected chi connectivity index (χ1v) is 10.9. The van der Waals surface area contributed by atoms with Gasteiger partial charge in [0.1, 0.15) is 10.6 Å². The normalized spacial score (nSPS) is 16.9. The van der Waals surface area contributed by atoms with Gasteiger partial charge >= 0.3 is 0 Å². The largest absolute Gasteiger partial charge is 0.495 e. The number of ether oxygens (including phenoxy) is 1. The van der Waals surface area contributed by atoms with E-state index in [4.69, 9.17) is 4.74 Å². The summed E-state index contributed by atoms with van der Waals surface area (Å²) in [6.07, 6.45) is 4.35. The Morgan fingerprint density at radius 3 is 2.48 bits per heavy atom. The molecule has 1 aliphatic rings. The summed E-state index contributed by atoms with van der Waals surface area (Å²) < 4.78 is 34.1. The van der Waals surface area contributed by atoms with Gasteiger partial charge in [0.05, 0.1) is 7.11 Å². The second-order valence-electron chi connectivity index (χ2n) is 6.88. The highest BCUT2D eigenvalue weighted by molar-refractivity contribution is 7.89. The monoisotopic (exact) mass is 379 g/mol. The fourth-order valence-electron chi connectivity index (χ4n) is 3.59. The molecule has 1 heterocycles. The molecule has 0 amide bonds. The zero-order chi connectivity index (χ0) is 18.1. The van der Waals surface area contributed by atoms with Crippen molar-refractivity contribution in [2.75, 3.05) is 13.7 Å². The molecule has 6 heteroatoms. The highest BCUT2D eigenvalue weighted by Crippen LogP contribution is 2.43. The van der Waals surface area contributed by atoms with E-state index >= 15 is 0 Å². The Labute approximate surface area is 154 Å². The Bertz CT molecular complexity index is 836. The first-order chi connectivity index (χ1) is 11.9. The van der Waals surface area contributed by atoms with Crippen LogP contribution in [0.15, 0.2) is 34.5 Å². The molecule has 136 valence electrons. The van der Waals surface area contributed by atoms with Gasteiger partial charge < -0.3 is 4.74 Å². The lowest BCUT2D eigenvalue weighted by Crippen LogP contribution is -2.38. The SMILES string of the molecule is COc1cc(C)c(C)cc1S(=O)(=O)NCC1(c2cccs2)CCCC1. The highest BCUT2D eigenvalue weighted by atomic mass is 32.2. The lowest BCUT2D eigenvalue weighted by Gasteiger charge is -2.28. The van der Waals surface area contributed by atoms with E-state index in [2.05, 4.69) is 16.2 Å². The molecule has 1 fully saturated rings. The predicted octanol–water partition coefficient (Wildman–Crippen LogP) is 4.16. The van der Waals surface area contributed by atoms with Crippen molar-refractivity contribution in [2.24, 2.45) is 0 Å². The van der Waals surface area contributed by atoms with Gasteiger partial charge in [-0.1, -0.05) is 18.9 Å². The fourth-order valence-corrected chi connectivity index (χ4v) is 5.93. The van der Waals surface area contributed by atoms with E-state index in [0.717, 1.165) is 36.8 Å². The molecule has 1 N–H and O–H groups in total. The summed E-state index contributed by atoms with van der Waals surface area (Å²) in [7, 11) is -2.12. The highest BCUT2D eigenvalue weighted by Gasteiger charge is 2.38. The van der Waals surface area contributed by atoms with Gasteiger partial charge in [0.15, 0.2) is 0 Å². The van der Waals surface area contributed by atoms with Crippen LogP contribution in [-0.4, -0.2) is 22.1 Å². The Morgan fingerprint density at radius 2 is 1.88 bits per heavy atom. The van der Waals surface area contributed by atoms with E-state index in [1.54, 1.807) is 23.5 Å². The van der Waals surface area contributed by atoms with Gasteiger partial charge in [-0.25, -0.2) is 13.1 Å². The minimum absolute atomic E-state index is 0.0752. The van der Waals surface area contributed by atoms with Gasteiger partial charge in [-0.2, -0.15) is 0 Å². The number of thiophene rings is 1. The van der Waals surface area contributed by atoms with Crippen molar-refractivity contribution >= 4 is 21.4 Å². The molecule has 4 nitrogen and oxygen atoms in total. The molecule has 0 atom stereocenters. The van der Waals surface area contributed by atoms with Crippen LogP contribution in [0.1, 0.15) is 41.7 Å². The molecule has 2 aromatic rings. The molecule has 1 aromatic heterocycles. The molecule has 1 saturated carbocycles. The van der Waals surface area contributed by atoms with Crippen LogP contribution in [-0.2, 0) is 15.4 Å². The average molecular weight is 380 g/mol. The van der Waals surface area contributed by atoms with Crippen LogP contribution < -0.4 is 9.46 Å². The van der Waals surface area contributed by atoms with Crippen molar-refractivity contribution in [1.82, 2.24) is 4.72 Å². The molecule has 0 radical (unpaired) electrons. The quantitative estimate of drug-likeness (QED) is 0.820. The molecular formula is C19H25NO3S2. The summed E-state index contributed by atoms with van der Waals surface area (Å²) in [6, 6.07) is 7.65. The van der Waals surface area contributed by atoms with Crippen molar-refractivity contribution < 1.29 is 13.2 Å². The zero-order valence-electron chi connectivity index (χ0n) is 15.0. The predicted molar refractivity (Wildman–Crippen MR) is 102 cm³/mol. The zero-order valence-corrected chi connectivity index (χ0v) is 16.6. The molecule has 0 saturated heterocycles. The van der Waals surface area contributed by atoms with Crippen molar-refractivity contribution in [2.45, 2.75) is 49.8 Å². The van der Waals surface area contributed by atoms with Gasteiger partial charge in [0, 0.05) is 16.8 Å². The summed E-state index contributed by atoms with van der Waals surface area (Å²) in [5, 5.41) is 2.07. The molecule has 1 aromatic carbocycles. The number of benzene rings is 1. The van der Waals surface area contributed by atoms with Crippen molar-refractivity contribution in [3.05, 3.63) is 45.6 Å². The van der Waals surface area contributed by atoms with E-state index < -0.39 is 10.0 Å². The third kappa shape index (κ3) is 3.61. The third-order valence-electron chi connectivity index (χ3n) is 5.27. The standard InChI is InChI=1S/C19H25NO3S2/c1-14-11-16(23-3)17(12-15(14)2)25(21,22)20-13-19(8-4-5-9-19)18-7-6-10-24-18/h6-7,10-12,20H,4-5,8-9,13H2,1-3H3. The first kappa shape index (κ1) is 18.4. The summed E-state index contributed by atoms with van der Waals surface area (Å²) in [5.74, 6) is 0.396. The third-order valence-corrected chi connectivity index (χ3v) is 7.81. The average Bonchev–Trinajstić information content (AvgIpc) is 3.27. The van der Waals surface area contributed by atoms with Gasteiger partial charge in [-0.05, 0) is 61.4 Å². The van der Waals surface area contributed by atoms with E-state index in [1.165, 1.54) is 12.0 Å². The number of nitrogens with one attached hydrogen (secondary N) is 1. The molecule has 1 aliphatic carbocycles. The molecule has 0 bridgehead atoms. The lowest BCUT2D eigenvalue weighted by molar-refractivity contribution is 0.400. The fraction of sp³-hybridized carbons (Fsp3) is 0.474. The number of hydrogen-bond acceptors (Lipinski definition) is 4. The van der Waals surface area contributed by atoms with Crippen LogP contribution in [0.25, 0.3) is 0 Å². The summed E-state index contributed by atoms with van der Waals surface area (Å²) >= 11 is 1.72. The first-order valence-electron chi connectivity index (χ1n) is 8.57. The number of methoxy groups -OCH3 is 1. The smallest absolute Gasteiger partial charge is 0.244 e. The van der Waals surface area contributed by atoms with Crippen molar-refractivity contribution in [3.8, 4) is 5.75 Å². The second kappa shape index (κ2) is 7.09. The Balaban J connectivity index is 1.88. The van der Waals surface area contributed by atoms with Gasteiger partial charge in [-0.3, -0.25) is 0 Å². The maximum absolute atomic E-state index is 13.0. The van der Waals surface area contributed by atoms with E-state index in [9.17, 15) is 8.42 Å². The number of sulfonamides is 1. The lowest BCUT2D eigenvalue weighted by atomic mass is 9.85. The molecule has 0 unspecified atom stereocenters. The van der Waals surface area contributed by atoms with Crippen molar-refractivity contribution in [3.63, 3.8) is 0 Å². The Hall–Kier alpha value is -1.37. The second-order valence-corrected chi connectivity index (χ2v) is 9.56. The maximum Gasteiger partial charge on any atom is 0.244 e. The summed E-state index contributed by atoms with van der Waals surface area (Å²) in [5.41, 5.74) is 1.88. The van der Waals surface area contributed by atoms with Gasteiger partial charge in [0.2, 0.25) is 10.0 Å². The Kier molecular flexibility index (Phi) is 5.23. The van der Waals surface area contributed by atoms with Crippen LogP contribution in [0.5, 0.6) is 5.75 Å². The number of hydrogen-bond donors (Lipinski definition) is 1. The molecule has 3 rings (SSSR count). The van der Waals surface area contributed by atoms with Crippen molar-refractivity contribution in [1.29, 1.82) is 0 Å². The molecule has 0 spiro atoms. The van der Waals surface area contributed by atoms with Crippen LogP contribution in [0.3, 0.4) is 0 Å². The number of rotatable bonds is 6. The molecular weight excluding hydrogens is 354 g/mol. The minimum atomic E-state index is -3.63. The minimum Gasteiger partial charge on any atom is -0.495 e. The number of aryl methyl sites for hydroxylation is 2. The van der Waals surface area contributed by atoms with Gasteiger partial charge in [-0.15, -0.1) is 11.3 Å². The Morgan fingerprint density at radius 1 is 1.20 bits per heavy atom. The topological polar surface area (TPSA) is 55.4 Å². The van der Waals surface area contributed by atoms with Crippen LogP contribution in [0, 0.1) is 13.8 Å². The van der Waals surface area contributed by atoms with Crippen LogP contribution in [0.2, 0.25) is 0 Å². The van der Waals surface area contributed by atoms with E-state index in [-0.39, 0.29) is 10.3 Å². The maximum atomic E-state index is 13.0. The van der Waals surface area contributed by atoms with Crippen LogP contribution in [0.4, 0.5) is 0 Å². The van der Waals surface area contributed by atoms with E-state index in [1.807, 2.05) is 19.9 Å². The van der Waals surface area contributed by atoms with Crippen LogP contribution >= 0.6 is 11.3 Å². The van der Waals surface area contributed by atoms with Gasteiger partial charge in [0.25, 0.3) is 0 Å². The summed E-state index contributed by atoms with van der Waals surface area (Å²) in [6.45, 7) is 4.30. The summed E-state index contributed by atoms with van der Waals surface area (Å²) in [4.78, 5) is 1.50.